The van der Waals surface area contributed by atoms with E-state index in [1.165, 1.54) is 12.5 Å². The minimum Gasteiger partial charge on any atom is -0.479 e. The molecule has 2 aromatic heterocycles. The summed E-state index contributed by atoms with van der Waals surface area (Å²) in [4.78, 5) is 25.0. The van der Waals surface area contributed by atoms with Gasteiger partial charge in [0.05, 0.1) is 21.9 Å². The number of nitrogens with one attached hydrogen (secondary N) is 1. The highest BCUT2D eigenvalue weighted by molar-refractivity contribution is 7.84. The van der Waals surface area contributed by atoms with E-state index in [9.17, 15) is 9.00 Å². The van der Waals surface area contributed by atoms with Gasteiger partial charge in [-0.25, -0.2) is 9.97 Å². The van der Waals surface area contributed by atoms with Crippen molar-refractivity contribution in [3.63, 3.8) is 0 Å². The van der Waals surface area contributed by atoms with E-state index >= 15 is 0 Å². The third-order valence-corrected chi connectivity index (χ3v) is 5.03. The fourth-order valence-electron chi connectivity index (χ4n) is 2.85. The highest BCUT2D eigenvalue weighted by Gasteiger charge is 2.39. The number of nitrogens with zero attached hydrogens (tertiary/aromatic N) is 4. The monoisotopic (exact) mass is 399 g/mol. The van der Waals surface area contributed by atoms with Crippen LogP contribution >= 0.6 is 0 Å². The summed E-state index contributed by atoms with van der Waals surface area (Å²) in [5, 5.41) is 7.05. The lowest BCUT2D eigenvalue weighted by Crippen LogP contribution is -2.31. The van der Waals surface area contributed by atoms with Crippen LogP contribution in [0.4, 0.5) is 11.6 Å². The molecule has 1 unspecified atom stereocenters. The van der Waals surface area contributed by atoms with Gasteiger partial charge in [-0.1, -0.05) is 5.16 Å². The normalized spacial score (nSPS) is 15.8. The van der Waals surface area contributed by atoms with Gasteiger partial charge in [-0.2, -0.15) is 4.98 Å². The number of hydrogen-bond donors (Lipinski definition) is 1. The summed E-state index contributed by atoms with van der Waals surface area (Å²) in [5.41, 5.74) is 0.706. The van der Waals surface area contributed by atoms with E-state index in [1.54, 1.807) is 39.0 Å². The third kappa shape index (κ3) is 3.15. The molecule has 10 heteroatoms. The molecule has 0 saturated heterocycles. The van der Waals surface area contributed by atoms with Crippen molar-refractivity contribution in [3.05, 3.63) is 35.8 Å². The Morgan fingerprint density at radius 3 is 2.64 bits per heavy atom. The number of carbonyl (C=O) groups excluding carboxylic acids is 1. The molecule has 1 atom stereocenters. The van der Waals surface area contributed by atoms with Gasteiger partial charge < -0.3 is 14.6 Å². The molecule has 0 bridgehead atoms. The molecule has 0 amide bonds. The number of aromatic nitrogens is 4. The van der Waals surface area contributed by atoms with Gasteiger partial charge in [0.25, 0.3) is 5.89 Å². The van der Waals surface area contributed by atoms with E-state index in [4.69, 9.17) is 9.26 Å². The first-order valence-corrected chi connectivity index (χ1v) is 9.96. The molecule has 0 aliphatic carbocycles. The Labute approximate surface area is 163 Å². The van der Waals surface area contributed by atoms with E-state index in [2.05, 4.69) is 25.4 Å². The van der Waals surface area contributed by atoms with Gasteiger partial charge in [-0.15, -0.1) is 0 Å². The first-order valence-electron chi connectivity index (χ1n) is 8.40. The highest BCUT2D eigenvalue weighted by atomic mass is 32.2. The first-order chi connectivity index (χ1) is 13.2. The van der Waals surface area contributed by atoms with Crippen LogP contribution in [0.5, 0.6) is 5.75 Å². The second-order valence-electron chi connectivity index (χ2n) is 6.79. The van der Waals surface area contributed by atoms with Crippen molar-refractivity contribution in [1.82, 2.24) is 20.1 Å². The molecule has 4 rings (SSSR count). The van der Waals surface area contributed by atoms with Crippen LogP contribution in [0.3, 0.4) is 0 Å². The molecule has 0 radical (unpaired) electrons. The van der Waals surface area contributed by atoms with E-state index in [-0.39, 0.29) is 22.6 Å². The van der Waals surface area contributed by atoms with Crippen molar-refractivity contribution in [2.75, 3.05) is 11.6 Å². The molecule has 0 spiro atoms. The fraction of sp³-hybridized carbons (Fsp3) is 0.278. The molecular weight excluding hydrogens is 382 g/mol. The van der Waals surface area contributed by atoms with Gasteiger partial charge in [0.1, 0.15) is 10.8 Å². The average molecular weight is 399 g/mol. The van der Waals surface area contributed by atoms with Crippen LogP contribution in [0.1, 0.15) is 30.0 Å². The maximum absolute atomic E-state index is 12.3. The zero-order valence-corrected chi connectivity index (χ0v) is 16.5. The van der Waals surface area contributed by atoms with Crippen molar-refractivity contribution in [2.24, 2.45) is 0 Å². The minimum absolute atomic E-state index is 0.0619. The summed E-state index contributed by atoms with van der Waals surface area (Å²) in [6, 6.07) is 5.15. The van der Waals surface area contributed by atoms with E-state index in [0.717, 1.165) is 0 Å². The number of benzene rings is 1. The Morgan fingerprint density at radius 2 is 1.96 bits per heavy atom. The van der Waals surface area contributed by atoms with Crippen LogP contribution in [0, 0.1) is 6.92 Å². The lowest BCUT2D eigenvalue weighted by atomic mass is 10.00. The maximum atomic E-state index is 12.3. The largest absolute Gasteiger partial charge is 0.479 e. The highest BCUT2D eigenvalue weighted by Crippen LogP contribution is 2.37. The molecular formula is C18H17N5O4S. The van der Waals surface area contributed by atoms with Crippen molar-refractivity contribution < 1.29 is 18.3 Å². The predicted octanol–water partition coefficient (Wildman–Crippen LogP) is 2.67. The SMILES string of the molecule is Cc1noc(-c2cnc(Nc3ccc4c(c3)OC(C)(C)C4=O)nc2S(C)=O)n1. The van der Waals surface area contributed by atoms with E-state index in [0.29, 0.717) is 28.4 Å². The number of anilines is 2. The Kier molecular flexibility index (Phi) is 4.22. The van der Waals surface area contributed by atoms with Crippen molar-refractivity contribution >= 4 is 28.2 Å². The summed E-state index contributed by atoms with van der Waals surface area (Å²) in [6.45, 7) is 5.15. The van der Waals surface area contributed by atoms with E-state index < -0.39 is 16.4 Å². The molecule has 1 aliphatic heterocycles. The molecule has 1 aliphatic rings. The molecule has 28 heavy (non-hydrogen) atoms. The number of hydrogen-bond acceptors (Lipinski definition) is 9. The average Bonchev–Trinajstić information content (AvgIpc) is 3.16. The summed E-state index contributed by atoms with van der Waals surface area (Å²) >= 11 is 0. The number of Topliss-reactive ketones (excluding diaryl/α,β-unsaturated/α-hetero) is 1. The summed E-state index contributed by atoms with van der Waals surface area (Å²) in [7, 11) is -1.40. The van der Waals surface area contributed by atoms with Crippen LogP contribution in [-0.4, -0.2) is 42.0 Å². The van der Waals surface area contributed by atoms with Crippen molar-refractivity contribution in [3.8, 4) is 17.2 Å². The second kappa shape index (κ2) is 6.48. The van der Waals surface area contributed by atoms with Crippen LogP contribution < -0.4 is 10.1 Å². The van der Waals surface area contributed by atoms with Crippen LogP contribution in [-0.2, 0) is 10.8 Å². The van der Waals surface area contributed by atoms with Gasteiger partial charge in [0.15, 0.2) is 11.4 Å². The Morgan fingerprint density at radius 1 is 1.18 bits per heavy atom. The molecule has 3 aromatic rings. The molecule has 3 heterocycles. The van der Waals surface area contributed by atoms with Gasteiger partial charge in [-0.05, 0) is 32.9 Å². The maximum Gasteiger partial charge on any atom is 0.262 e. The Balaban J connectivity index is 1.66. The first kappa shape index (κ1) is 18.2. The van der Waals surface area contributed by atoms with Crippen molar-refractivity contribution in [1.29, 1.82) is 0 Å². The Bertz CT molecular complexity index is 1120. The summed E-state index contributed by atoms with van der Waals surface area (Å²) < 4.78 is 23.0. The second-order valence-corrected chi connectivity index (χ2v) is 8.09. The zero-order valence-electron chi connectivity index (χ0n) is 15.6. The lowest BCUT2D eigenvalue weighted by Gasteiger charge is -2.15. The molecule has 0 saturated carbocycles. The number of ether oxygens (including phenoxy) is 1. The number of aryl methyl sites for hydroxylation is 1. The standard InChI is InChI=1S/C18H17N5O4S/c1-9-20-15(27-23-9)12-8-19-17(22-16(12)28(4)25)21-10-5-6-11-13(7-10)26-18(2,3)14(11)24/h5-8H,1-4H3,(H,19,21,22). The molecule has 0 fully saturated rings. The summed E-state index contributed by atoms with van der Waals surface area (Å²) in [5.74, 6) is 1.35. The van der Waals surface area contributed by atoms with Crippen LogP contribution in [0.15, 0.2) is 33.9 Å². The zero-order chi connectivity index (χ0) is 20.1. The number of fused-ring (bicyclic) bond motifs is 1. The predicted molar refractivity (Wildman–Crippen MR) is 101 cm³/mol. The van der Waals surface area contributed by atoms with Gasteiger partial charge in [0.2, 0.25) is 11.7 Å². The quantitative estimate of drug-likeness (QED) is 0.660. The van der Waals surface area contributed by atoms with Gasteiger partial charge in [0, 0.05) is 24.2 Å². The minimum atomic E-state index is -1.40. The Hall–Kier alpha value is -3.14. The summed E-state index contributed by atoms with van der Waals surface area (Å²) in [6.07, 6.45) is 2.99. The molecule has 1 N–H and O–H groups in total. The van der Waals surface area contributed by atoms with Crippen LogP contribution in [0.2, 0.25) is 0 Å². The van der Waals surface area contributed by atoms with Gasteiger partial charge >= 0.3 is 0 Å². The van der Waals surface area contributed by atoms with E-state index in [1.807, 2.05) is 0 Å². The van der Waals surface area contributed by atoms with Gasteiger partial charge in [-0.3, -0.25) is 9.00 Å². The fourth-order valence-corrected chi connectivity index (χ4v) is 3.51. The molecule has 9 nitrogen and oxygen atoms in total. The molecule has 1 aromatic carbocycles. The smallest absolute Gasteiger partial charge is 0.262 e. The number of carbonyl (C=O) groups is 1. The van der Waals surface area contributed by atoms with Crippen molar-refractivity contribution in [2.45, 2.75) is 31.4 Å². The molecule has 144 valence electrons. The number of rotatable bonds is 4. The topological polar surface area (TPSA) is 120 Å². The van der Waals surface area contributed by atoms with Crippen LogP contribution in [0.25, 0.3) is 11.5 Å². The third-order valence-electron chi connectivity index (χ3n) is 4.18. The lowest BCUT2D eigenvalue weighted by molar-refractivity contribution is 0.0684. The number of ketones is 1.